The fourth-order valence-electron chi connectivity index (χ4n) is 2.07. The van der Waals surface area contributed by atoms with Crippen molar-refractivity contribution in [2.75, 3.05) is 40.0 Å². The predicted octanol–water partition coefficient (Wildman–Crippen LogP) is -1.81. The van der Waals surface area contributed by atoms with Crippen molar-refractivity contribution in [3.05, 3.63) is 0 Å². The van der Waals surface area contributed by atoms with Gasteiger partial charge < -0.3 is 24.8 Å². The quantitative estimate of drug-likeness (QED) is 0.585. The zero-order chi connectivity index (χ0) is 11.5. The van der Waals surface area contributed by atoms with Gasteiger partial charge >= 0.3 is 0 Å². The lowest BCUT2D eigenvalue weighted by Gasteiger charge is -2.31. The van der Waals surface area contributed by atoms with E-state index in [4.69, 9.17) is 9.47 Å². The minimum absolute atomic E-state index is 0.118. The van der Waals surface area contributed by atoms with Gasteiger partial charge in [-0.15, -0.1) is 0 Å². The third-order valence-electron chi connectivity index (χ3n) is 3.09. The molecule has 0 saturated carbocycles. The topological polar surface area (TPSA) is 71.0 Å². The molecule has 16 heavy (non-hydrogen) atoms. The maximum absolute atomic E-state index is 12.0. The van der Waals surface area contributed by atoms with Crippen LogP contribution in [0.3, 0.4) is 0 Å². The number of amides is 1. The van der Waals surface area contributed by atoms with Gasteiger partial charge in [-0.25, -0.2) is 0 Å². The van der Waals surface area contributed by atoms with Gasteiger partial charge in [0.1, 0.15) is 0 Å². The van der Waals surface area contributed by atoms with Crippen molar-refractivity contribution in [2.45, 2.75) is 18.2 Å². The van der Waals surface area contributed by atoms with E-state index in [1.165, 1.54) is 0 Å². The van der Waals surface area contributed by atoms with E-state index in [0.29, 0.717) is 32.9 Å². The molecule has 0 aromatic heterocycles. The molecule has 6 heteroatoms. The molecule has 2 saturated heterocycles. The number of nitrogens with one attached hydrogen (secondary N) is 1. The van der Waals surface area contributed by atoms with Crippen LogP contribution in [0.1, 0.15) is 0 Å². The van der Waals surface area contributed by atoms with Gasteiger partial charge in [-0.05, 0) is 0 Å². The number of rotatable bonds is 2. The second kappa shape index (κ2) is 5.09. The van der Waals surface area contributed by atoms with Crippen molar-refractivity contribution >= 4 is 5.91 Å². The molecule has 1 amide bonds. The number of hydrogen-bond donors (Lipinski definition) is 2. The Hall–Kier alpha value is -0.690. The maximum Gasteiger partial charge on any atom is 0.254 e. The van der Waals surface area contributed by atoms with Crippen LogP contribution in [0.4, 0.5) is 0 Å². The molecule has 2 aliphatic heterocycles. The Morgan fingerprint density at radius 1 is 1.44 bits per heavy atom. The monoisotopic (exact) mass is 230 g/mol. The Morgan fingerprint density at radius 3 is 2.81 bits per heavy atom. The number of hydrogen-bond acceptors (Lipinski definition) is 5. The minimum atomic E-state index is -0.522. The molecule has 2 N–H and O–H groups in total. The Balaban J connectivity index is 1.92. The molecule has 2 fully saturated rings. The third-order valence-corrected chi connectivity index (χ3v) is 3.09. The SMILES string of the molecule is CN(C(=O)C1COCCO1)[C@@H]1CNC[C@H]1O. The van der Waals surface area contributed by atoms with Crippen molar-refractivity contribution in [1.82, 2.24) is 10.2 Å². The summed E-state index contributed by atoms with van der Waals surface area (Å²) in [4.78, 5) is 13.6. The highest BCUT2D eigenvalue weighted by atomic mass is 16.6. The highest BCUT2D eigenvalue weighted by Gasteiger charge is 2.35. The van der Waals surface area contributed by atoms with E-state index in [0.717, 1.165) is 0 Å². The van der Waals surface area contributed by atoms with Crippen molar-refractivity contribution in [1.29, 1.82) is 0 Å². The maximum atomic E-state index is 12.0. The molecular formula is C10H18N2O4. The number of nitrogens with zero attached hydrogens (tertiary/aromatic N) is 1. The van der Waals surface area contributed by atoms with Crippen LogP contribution >= 0.6 is 0 Å². The zero-order valence-electron chi connectivity index (χ0n) is 9.39. The standard InChI is InChI=1S/C10H18N2O4/c1-12(7-4-11-5-8(7)13)10(14)9-6-15-2-3-16-9/h7-9,11,13H,2-6H2,1H3/t7-,8-,9?/m1/s1. The van der Waals surface area contributed by atoms with Crippen LogP contribution in [0.5, 0.6) is 0 Å². The van der Waals surface area contributed by atoms with Crippen LogP contribution in [-0.2, 0) is 14.3 Å². The summed E-state index contributed by atoms with van der Waals surface area (Å²) in [5.74, 6) is -0.118. The van der Waals surface area contributed by atoms with Gasteiger partial charge in [-0.1, -0.05) is 0 Å². The molecule has 6 nitrogen and oxygen atoms in total. The van der Waals surface area contributed by atoms with Crippen LogP contribution in [0, 0.1) is 0 Å². The first-order chi connectivity index (χ1) is 7.70. The summed E-state index contributed by atoms with van der Waals surface area (Å²) in [6.45, 7) is 2.46. The first-order valence-electron chi connectivity index (χ1n) is 5.55. The molecule has 2 rings (SSSR count). The first-order valence-corrected chi connectivity index (χ1v) is 5.55. The van der Waals surface area contributed by atoms with Gasteiger partial charge in [0.25, 0.3) is 5.91 Å². The van der Waals surface area contributed by atoms with E-state index >= 15 is 0 Å². The molecular weight excluding hydrogens is 212 g/mol. The Morgan fingerprint density at radius 2 is 2.25 bits per heavy atom. The summed E-state index contributed by atoms with van der Waals surface area (Å²) in [5, 5.41) is 12.7. The minimum Gasteiger partial charge on any atom is -0.390 e. The Kier molecular flexibility index (Phi) is 3.75. The van der Waals surface area contributed by atoms with Crippen LogP contribution in [0.15, 0.2) is 0 Å². The summed E-state index contributed by atoms with van der Waals surface area (Å²) in [7, 11) is 1.70. The average molecular weight is 230 g/mol. The molecule has 2 aliphatic rings. The summed E-state index contributed by atoms with van der Waals surface area (Å²) >= 11 is 0. The lowest BCUT2D eigenvalue weighted by Crippen LogP contribution is -2.51. The van der Waals surface area contributed by atoms with Gasteiger partial charge in [0.05, 0.1) is 32.0 Å². The molecule has 0 aliphatic carbocycles. The van der Waals surface area contributed by atoms with E-state index in [1.54, 1.807) is 11.9 Å². The van der Waals surface area contributed by atoms with E-state index in [1.807, 2.05) is 0 Å². The van der Waals surface area contributed by atoms with Gasteiger partial charge in [0.15, 0.2) is 6.10 Å². The highest BCUT2D eigenvalue weighted by molar-refractivity contribution is 5.81. The third kappa shape index (κ3) is 2.35. The van der Waals surface area contributed by atoms with Crippen molar-refractivity contribution in [3.63, 3.8) is 0 Å². The smallest absolute Gasteiger partial charge is 0.254 e. The lowest BCUT2D eigenvalue weighted by atomic mass is 10.1. The normalized spacial score (nSPS) is 35.0. The molecule has 2 heterocycles. The number of ether oxygens (including phenoxy) is 2. The van der Waals surface area contributed by atoms with Crippen molar-refractivity contribution in [2.24, 2.45) is 0 Å². The highest BCUT2D eigenvalue weighted by Crippen LogP contribution is 2.11. The van der Waals surface area contributed by atoms with Gasteiger partial charge in [-0.2, -0.15) is 0 Å². The molecule has 0 spiro atoms. The summed E-state index contributed by atoms with van der Waals surface area (Å²) < 4.78 is 10.5. The molecule has 0 aromatic carbocycles. The predicted molar refractivity (Wildman–Crippen MR) is 56.0 cm³/mol. The average Bonchev–Trinajstić information content (AvgIpc) is 2.75. The summed E-state index contributed by atoms with van der Waals surface area (Å²) in [6.07, 6.45) is -1.02. The number of carbonyl (C=O) groups excluding carboxylic acids is 1. The van der Waals surface area contributed by atoms with E-state index in [9.17, 15) is 9.90 Å². The van der Waals surface area contributed by atoms with Gasteiger partial charge in [0.2, 0.25) is 0 Å². The van der Waals surface area contributed by atoms with E-state index in [2.05, 4.69) is 5.32 Å². The number of aliphatic hydroxyl groups is 1. The molecule has 3 atom stereocenters. The molecule has 0 bridgehead atoms. The first kappa shape index (κ1) is 11.8. The summed E-state index contributed by atoms with van der Waals surface area (Å²) in [6, 6.07) is -0.168. The van der Waals surface area contributed by atoms with Gasteiger partial charge in [0, 0.05) is 20.1 Å². The van der Waals surface area contributed by atoms with Crippen molar-refractivity contribution < 1.29 is 19.4 Å². The zero-order valence-corrected chi connectivity index (χ0v) is 9.39. The second-order valence-electron chi connectivity index (χ2n) is 4.18. The van der Waals surface area contributed by atoms with Crippen LogP contribution in [0.25, 0.3) is 0 Å². The Bertz CT molecular complexity index is 255. The number of aliphatic hydroxyl groups excluding tert-OH is 1. The molecule has 0 aromatic rings. The number of carbonyl (C=O) groups is 1. The Labute approximate surface area is 94.5 Å². The molecule has 92 valence electrons. The van der Waals surface area contributed by atoms with E-state index < -0.39 is 12.2 Å². The molecule has 0 radical (unpaired) electrons. The number of β-amino-alcohol motifs (C(OH)–C–C–N with tert-alkyl or cyclic N) is 1. The van der Waals surface area contributed by atoms with Gasteiger partial charge in [-0.3, -0.25) is 4.79 Å². The fourth-order valence-corrected chi connectivity index (χ4v) is 2.07. The van der Waals surface area contributed by atoms with E-state index in [-0.39, 0.29) is 11.9 Å². The van der Waals surface area contributed by atoms with Crippen LogP contribution in [-0.4, -0.2) is 74.1 Å². The molecule has 1 unspecified atom stereocenters. The summed E-state index contributed by atoms with van der Waals surface area (Å²) in [5.41, 5.74) is 0. The lowest BCUT2D eigenvalue weighted by molar-refractivity contribution is -0.159. The number of likely N-dealkylation sites (N-methyl/N-ethyl adjacent to an activating group) is 1. The van der Waals surface area contributed by atoms with Crippen LogP contribution in [0.2, 0.25) is 0 Å². The largest absolute Gasteiger partial charge is 0.390 e. The van der Waals surface area contributed by atoms with Crippen LogP contribution < -0.4 is 5.32 Å². The fraction of sp³-hybridized carbons (Fsp3) is 0.900. The second-order valence-corrected chi connectivity index (χ2v) is 4.18. The van der Waals surface area contributed by atoms with Crippen molar-refractivity contribution in [3.8, 4) is 0 Å².